The molecule has 0 radical (unpaired) electrons. The standard InChI is InChI=1S/C8H15F2N/c9-8(10)6-11-7-4-2-1-3-5-7/h7-8,11H,1-6H2. The van der Waals surface area contributed by atoms with Crippen LogP contribution < -0.4 is 5.32 Å². The van der Waals surface area contributed by atoms with Gasteiger partial charge in [0.1, 0.15) is 0 Å². The highest BCUT2D eigenvalue weighted by atomic mass is 19.3. The molecule has 3 heteroatoms. The molecule has 1 fully saturated rings. The molecule has 1 aliphatic rings. The van der Waals surface area contributed by atoms with Gasteiger partial charge in [0.15, 0.2) is 0 Å². The third-order valence-electron chi connectivity index (χ3n) is 2.17. The zero-order chi connectivity index (χ0) is 8.10. The van der Waals surface area contributed by atoms with Crippen molar-refractivity contribution in [3.63, 3.8) is 0 Å². The molecular weight excluding hydrogens is 148 g/mol. The third kappa shape index (κ3) is 3.65. The van der Waals surface area contributed by atoms with Gasteiger partial charge in [0.2, 0.25) is 0 Å². The first-order valence-electron chi connectivity index (χ1n) is 4.30. The topological polar surface area (TPSA) is 12.0 Å². The van der Waals surface area contributed by atoms with Gasteiger partial charge >= 0.3 is 0 Å². The number of rotatable bonds is 3. The molecule has 0 aromatic rings. The number of halogens is 2. The van der Waals surface area contributed by atoms with Crippen LogP contribution in [0.3, 0.4) is 0 Å². The quantitative estimate of drug-likeness (QED) is 0.672. The summed E-state index contributed by atoms with van der Waals surface area (Å²) < 4.78 is 23.5. The molecule has 0 aliphatic heterocycles. The molecule has 0 unspecified atom stereocenters. The van der Waals surface area contributed by atoms with Crippen LogP contribution in [0.1, 0.15) is 32.1 Å². The molecule has 0 saturated heterocycles. The minimum Gasteiger partial charge on any atom is -0.309 e. The van der Waals surface area contributed by atoms with E-state index in [1.807, 2.05) is 0 Å². The van der Waals surface area contributed by atoms with Crippen molar-refractivity contribution in [1.29, 1.82) is 0 Å². The summed E-state index contributed by atoms with van der Waals surface area (Å²) in [5.74, 6) is 0. The van der Waals surface area contributed by atoms with Gasteiger partial charge < -0.3 is 5.32 Å². The fraction of sp³-hybridized carbons (Fsp3) is 1.00. The van der Waals surface area contributed by atoms with Crippen molar-refractivity contribution in [3.05, 3.63) is 0 Å². The van der Waals surface area contributed by atoms with E-state index in [0.717, 1.165) is 12.8 Å². The molecular formula is C8H15F2N. The molecule has 0 aromatic carbocycles. The smallest absolute Gasteiger partial charge is 0.250 e. The van der Waals surface area contributed by atoms with Gasteiger partial charge in [-0.1, -0.05) is 19.3 Å². The third-order valence-corrected chi connectivity index (χ3v) is 2.17. The largest absolute Gasteiger partial charge is 0.309 e. The Labute approximate surface area is 66.2 Å². The first kappa shape index (κ1) is 8.91. The molecule has 11 heavy (non-hydrogen) atoms. The van der Waals surface area contributed by atoms with Gasteiger partial charge in [0, 0.05) is 6.04 Å². The van der Waals surface area contributed by atoms with E-state index in [1.165, 1.54) is 19.3 Å². The lowest BCUT2D eigenvalue weighted by Crippen LogP contribution is -2.34. The lowest BCUT2D eigenvalue weighted by atomic mass is 9.96. The Morgan fingerprint density at radius 1 is 1.18 bits per heavy atom. The van der Waals surface area contributed by atoms with E-state index in [9.17, 15) is 8.78 Å². The van der Waals surface area contributed by atoms with Gasteiger partial charge in [0.25, 0.3) is 6.43 Å². The van der Waals surface area contributed by atoms with Crippen molar-refractivity contribution in [2.75, 3.05) is 6.54 Å². The molecule has 1 rings (SSSR count). The predicted molar refractivity (Wildman–Crippen MR) is 40.9 cm³/mol. The second kappa shape index (κ2) is 4.65. The van der Waals surface area contributed by atoms with E-state index in [-0.39, 0.29) is 6.54 Å². The number of alkyl halides is 2. The van der Waals surface area contributed by atoms with E-state index in [1.54, 1.807) is 0 Å². The molecule has 1 saturated carbocycles. The van der Waals surface area contributed by atoms with Gasteiger partial charge in [-0.05, 0) is 12.8 Å². The fourth-order valence-corrected chi connectivity index (χ4v) is 1.56. The molecule has 0 heterocycles. The second-order valence-corrected chi connectivity index (χ2v) is 3.13. The lowest BCUT2D eigenvalue weighted by molar-refractivity contribution is 0.138. The average molecular weight is 163 g/mol. The van der Waals surface area contributed by atoms with Gasteiger partial charge in [0.05, 0.1) is 6.54 Å². The van der Waals surface area contributed by atoms with Crippen LogP contribution in [-0.4, -0.2) is 19.0 Å². The van der Waals surface area contributed by atoms with Crippen molar-refractivity contribution in [3.8, 4) is 0 Å². The Bertz CT molecular complexity index is 100. The Kier molecular flexibility index (Phi) is 3.77. The normalized spacial score (nSPS) is 21.0. The highest BCUT2D eigenvalue weighted by molar-refractivity contribution is 4.71. The second-order valence-electron chi connectivity index (χ2n) is 3.13. The first-order valence-corrected chi connectivity index (χ1v) is 4.30. The number of hydrogen-bond acceptors (Lipinski definition) is 1. The zero-order valence-corrected chi connectivity index (χ0v) is 6.65. The van der Waals surface area contributed by atoms with Crippen molar-refractivity contribution in [2.24, 2.45) is 0 Å². The van der Waals surface area contributed by atoms with Crippen molar-refractivity contribution >= 4 is 0 Å². The Balaban J connectivity index is 2.05. The van der Waals surface area contributed by atoms with Gasteiger partial charge in [-0.25, -0.2) is 8.78 Å². The summed E-state index contributed by atoms with van der Waals surface area (Å²) in [5.41, 5.74) is 0. The average Bonchev–Trinajstić information content (AvgIpc) is 2.03. The van der Waals surface area contributed by atoms with Crippen LogP contribution in [0.25, 0.3) is 0 Å². The van der Waals surface area contributed by atoms with Gasteiger partial charge in [-0.3, -0.25) is 0 Å². The van der Waals surface area contributed by atoms with Crippen LogP contribution >= 0.6 is 0 Å². The molecule has 0 amide bonds. The van der Waals surface area contributed by atoms with E-state index >= 15 is 0 Å². The number of hydrogen-bond donors (Lipinski definition) is 1. The van der Waals surface area contributed by atoms with Crippen LogP contribution in [0.4, 0.5) is 8.78 Å². The summed E-state index contributed by atoms with van der Waals surface area (Å²) in [5, 5.41) is 2.87. The van der Waals surface area contributed by atoms with E-state index in [4.69, 9.17) is 0 Å². The van der Waals surface area contributed by atoms with Crippen LogP contribution in [-0.2, 0) is 0 Å². The summed E-state index contributed by atoms with van der Waals surface area (Å²) in [7, 11) is 0. The van der Waals surface area contributed by atoms with Gasteiger partial charge in [-0.15, -0.1) is 0 Å². The zero-order valence-electron chi connectivity index (χ0n) is 6.65. The molecule has 1 N–H and O–H groups in total. The first-order chi connectivity index (χ1) is 5.29. The highest BCUT2D eigenvalue weighted by Gasteiger charge is 2.13. The maximum atomic E-state index is 11.7. The fourth-order valence-electron chi connectivity index (χ4n) is 1.56. The van der Waals surface area contributed by atoms with Crippen LogP contribution in [0, 0.1) is 0 Å². The summed E-state index contributed by atoms with van der Waals surface area (Å²) in [4.78, 5) is 0. The molecule has 0 bridgehead atoms. The molecule has 0 aromatic heterocycles. The molecule has 0 spiro atoms. The van der Waals surface area contributed by atoms with Crippen molar-refractivity contribution < 1.29 is 8.78 Å². The van der Waals surface area contributed by atoms with Crippen molar-refractivity contribution in [2.45, 2.75) is 44.6 Å². The summed E-state index contributed by atoms with van der Waals surface area (Å²) in [6, 6.07) is 0.359. The van der Waals surface area contributed by atoms with Crippen molar-refractivity contribution in [1.82, 2.24) is 5.32 Å². The van der Waals surface area contributed by atoms with Crippen LogP contribution in [0.2, 0.25) is 0 Å². The molecule has 0 atom stereocenters. The Morgan fingerprint density at radius 3 is 2.36 bits per heavy atom. The summed E-state index contributed by atoms with van der Waals surface area (Å²) in [6.45, 7) is -0.134. The molecule has 1 nitrogen and oxygen atoms in total. The maximum Gasteiger partial charge on any atom is 0.250 e. The van der Waals surface area contributed by atoms with E-state index in [0.29, 0.717) is 6.04 Å². The monoisotopic (exact) mass is 163 g/mol. The van der Waals surface area contributed by atoms with E-state index in [2.05, 4.69) is 5.32 Å². The predicted octanol–water partition coefficient (Wildman–Crippen LogP) is 2.17. The molecule has 1 aliphatic carbocycles. The van der Waals surface area contributed by atoms with Crippen LogP contribution in [0.15, 0.2) is 0 Å². The van der Waals surface area contributed by atoms with E-state index < -0.39 is 6.43 Å². The number of nitrogens with one attached hydrogen (secondary N) is 1. The Hall–Kier alpha value is -0.180. The Morgan fingerprint density at radius 2 is 1.82 bits per heavy atom. The highest BCUT2D eigenvalue weighted by Crippen LogP contribution is 2.17. The van der Waals surface area contributed by atoms with Crippen LogP contribution in [0.5, 0.6) is 0 Å². The SMILES string of the molecule is FC(F)CNC1CCCCC1. The minimum atomic E-state index is -2.20. The maximum absolute atomic E-state index is 11.7. The van der Waals surface area contributed by atoms with Gasteiger partial charge in [-0.2, -0.15) is 0 Å². The summed E-state index contributed by atoms with van der Waals surface area (Å²) >= 11 is 0. The summed E-state index contributed by atoms with van der Waals surface area (Å²) in [6.07, 6.45) is 3.62. The molecule has 66 valence electrons. The lowest BCUT2D eigenvalue weighted by Gasteiger charge is -2.22. The minimum absolute atomic E-state index is 0.134.